The van der Waals surface area contributed by atoms with Crippen LogP contribution in [0.5, 0.6) is 0 Å². The Labute approximate surface area is 321 Å². The summed E-state index contributed by atoms with van der Waals surface area (Å²) in [6.07, 6.45) is 37.0. The number of hydrogen-bond donors (Lipinski definition) is 0. The Kier molecular flexibility index (Phi) is 23.1. The van der Waals surface area contributed by atoms with Crippen LogP contribution < -0.4 is 0 Å². The minimum absolute atomic E-state index is 0.847. The van der Waals surface area contributed by atoms with E-state index in [-0.39, 0.29) is 0 Å². The molecular formula is C50H76N2. The van der Waals surface area contributed by atoms with E-state index in [0.29, 0.717) is 0 Å². The number of benzene rings is 2. The molecule has 0 spiro atoms. The average Bonchev–Trinajstić information content (AvgIpc) is 3.45. The van der Waals surface area contributed by atoms with Gasteiger partial charge in [-0.05, 0) is 67.5 Å². The quantitative estimate of drug-likeness (QED) is 0.0458. The SMILES string of the molecule is CCCCCCCCCCCCCCCCCCCCCCCCC#CC1=C(c2cccc(CC)c2)[N+](=[N-])C(c2cccc(CC)c2)=C1CCCC. The Balaban J connectivity index is 1.38. The summed E-state index contributed by atoms with van der Waals surface area (Å²) >= 11 is 0. The van der Waals surface area contributed by atoms with E-state index < -0.39 is 0 Å². The molecule has 1 aliphatic rings. The van der Waals surface area contributed by atoms with Gasteiger partial charge in [-0.2, -0.15) is 0 Å². The zero-order chi connectivity index (χ0) is 37.1. The standard InChI is InChI=1S/C50H76N2/c1-5-9-11-12-13-14-15-16-17-18-19-20-21-22-23-24-25-26-27-28-29-30-31-32-40-48-47(39-10-6-2)49(45-37-33-35-43(7-3)41-45)52(51)50(48)46-38-34-36-44(8-4)42-46/h33-38,41-42H,5-31,39H2,1-4H3. The largest absolute Gasteiger partial charge is 0.493 e. The summed E-state index contributed by atoms with van der Waals surface area (Å²) in [7, 11) is 0. The first-order chi connectivity index (χ1) is 25.6. The highest BCUT2D eigenvalue weighted by Crippen LogP contribution is 2.42. The molecular weight excluding hydrogens is 629 g/mol. The third-order valence-corrected chi connectivity index (χ3v) is 11.1. The summed E-state index contributed by atoms with van der Waals surface area (Å²) in [5, 5.41) is 0. The van der Waals surface area contributed by atoms with Crippen molar-refractivity contribution in [2.75, 3.05) is 0 Å². The Hall–Kier alpha value is -2.92. The van der Waals surface area contributed by atoms with Crippen LogP contribution in [0.4, 0.5) is 0 Å². The lowest BCUT2D eigenvalue weighted by molar-refractivity contribution is -0.345. The summed E-state index contributed by atoms with van der Waals surface area (Å²) in [5.74, 6) is 7.18. The predicted molar refractivity (Wildman–Crippen MR) is 228 cm³/mol. The van der Waals surface area contributed by atoms with Crippen molar-refractivity contribution in [3.8, 4) is 11.8 Å². The van der Waals surface area contributed by atoms with Gasteiger partial charge >= 0.3 is 0 Å². The van der Waals surface area contributed by atoms with Gasteiger partial charge in [-0.1, -0.05) is 205 Å². The van der Waals surface area contributed by atoms with Crippen molar-refractivity contribution in [2.24, 2.45) is 0 Å². The van der Waals surface area contributed by atoms with E-state index >= 15 is 0 Å². The molecule has 0 atom stereocenters. The Bertz CT molecular complexity index is 1410. The molecule has 0 unspecified atom stereocenters. The van der Waals surface area contributed by atoms with Crippen molar-refractivity contribution in [3.05, 3.63) is 87.5 Å². The van der Waals surface area contributed by atoms with Gasteiger partial charge in [0.25, 0.3) is 0 Å². The number of rotatable bonds is 29. The van der Waals surface area contributed by atoms with E-state index in [0.717, 1.165) is 73.0 Å². The number of unbranched alkanes of at least 4 members (excludes halogenated alkanes) is 23. The summed E-state index contributed by atoms with van der Waals surface area (Å²) < 4.78 is 1.46. The monoisotopic (exact) mass is 705 g/mol. The van der Waals surface area contributed by atoms with Crippen molar-refractivity contribution in [1.29, 1.82) is 0 Å². The van der Waals surface area contributed by atoms with Crippen LogP contribution >= 0.6 is 0 Å². The molecule has 0 saturated heterocycles. The highest BCUT2D eigenvalue weighted by atomic mass is 15.2. The summed E-state index contributed by atoms with van der Waals surface area (Å²) in [6.45, 7) is 8.92. The fourth-order valence-corrected chi connectivity index (χ4v) is 7.75. The third-order valence-electron chi connectivity index (χ3n) is 11.1. The molecule has 0 N–H and O–H groups in total. The van der Waals surface area contributed by atoms with Gasteiger partial charge < -0.3 is 5.53 Å². The summed E-state index contributed by atoms with van der Waals surface area (Å²) in [6, 6.07) is 17.3. The second-order valence-corrected chi connectivity index (χ2v) is 15.6. The predicted octanol–water partition coefficient (Wildman–Crippen LogP) is 16.2. The van der Waals surface area contributed by atoms with Gasteiger partial charge in [-0.15, -0.1) is 0 Å². The van der Waals surface area contributed by atoms with Crippen LogP contribution in [0.15, 0.2) is 59.7 Å². The molecule has 286 valence electrons. The van der Waals surface area contributed by atoms with E-state index in [1.165, 1.54) is 156 Å². The fraction of sp³-hybridized carbons (Fsp3) is 0.640. The first-order valence-corrected chi connectivity index (χ1v) is 22.3. The number of aryl methyl sites for hydroxylation is 2. The van der Waals surface area contributed by atoms with E-state index in [4.69, 9.17) is 0 Å². The summed E-state index contributed by atoms with van der Waals surface area (Å²) in [4.78, 5) is 0. The molecule has 0 bridgehead atoms. The van der Waals surface area contributed by atoms with Crippen molar-refractivity contribution in [2.45, 2.75) is 207 Å². The molecule has 0 radical (unpaired) electrons. The van der Waals surface area contributed by atoms with Gasteiger partial charge in [0.05, 0.1) is 0 Å². The molecule has 1 aliphatic heterocycles. The van der Waals surface area contributed by atoms with Gasteiger partial charge in [0, 0.05) is 23.1 Å². The maximum atomic E-state index is 11.9. The molecule has 2 heteroatoms. The Morgan fingerprint density at radius 2 is 0.885 bits per heavy atom. The molecule has 0 aromatic heterocycles. The molecule has 3 rings (SSSR count). The van der Waals surface area contributed by atoms with Crippen LogP contribution in [0.1, 0.15) is 217 Å². The van der Waals surface area contributed by atoms with E-state index in [9.17, 15) is 5.53 Å². The van der Waals surface area contributed by atoms with Crippen LogP contribution in [0, 0.1) is 11.8 Å². The fourth-order valence-electron chi connectivity index (χ4n) is 7.75. The maximum absolute atomic E-state index is 11.9. The Morgan fingerprint density at radius 3 is 1.31 bits per heavy atom. The number of hydrogen-bond acceptors (Lipinski definition) is 0. The molecule has 0 aliphatic carbocycles. The topological polar surface area (TPSA) is 25.3 Å². The average molecular weight is 705 g/mol. The molecule has 0 fully saturated rings. The number of nitrogens with zero attached hydrogens (tertiary/aromatic N) is 2. The van der Waals surface area contributed by atoms with Crippen molar-refractivity contribution in [1.82, 2.24) is 0 Å². The normalized spacial score (nSPS) is 13.0. The smallest absolute Gasteiger partial charge is 0.223 e. The zero-order valence-electron chi connectivity index (χ0n) is 34.3. The van der Waals surface area contributed by atoms with Gasteiger partial charge in [-0.25, -0.2) is 4.70 Å². The molecule has 0 amide bonds. The van der Waals surface area contributed by atoms with Crippen molar-refractivity contribution in [3.63, 3.8) is 0 Å². The van der Waals surface area contributed by atoms with Gasteiger partial charge in [0.15, 0.2) is 0 Å². The van der Waals surface area contributed by atoms with Crippen LogP contribution in [0.3, 0.4) is 0 Å². The molecule has 2 nitrogen and oxygen atoms in total. The van der Waals surface area contributed by atoms with Gasteiger partial charge in [0.2, 0.25) is 11.4 Å². The molecule has 2 aromatic carbocycles. The van der Waals surface area contributed by atoms with Crippen LogP contribution in [0.25, 0.3) is 16.9 Å². The van der Waals surface area contributed by atoms with Crippen molar-refractivity contribution >= 4 is 11.4 Å². The lowest BCUT2D eigenvalue weighted by Crippen LogP contribution is -2.03. The van der Waals surface area contributed by atoms with Crippen molar-refractivity contribution < 1.29 is 4.70 Å². The maximum Gasteiger partial charge on any atom is 0.223 e. The van der Waals surface area contributed by atoms with Gasteiger partial charge in [0.1, 0.15) is 5.57 Å². The lowest BCUT2D eigenvalue weighted by atomic mass is 9.94. The van der Waals surface area contributed by atoms with Crippen LogP contribution in [-0.4, -0.2) is 4.70 Å². The molecule has 0 saturated carbocycles. The van der Waals surface area contributed by atoms with Gasteiger partial charge in [-0.3, -0.25) is 0 Å². The molecule has 2 aromatic rings. The van der Waals surface area contributed by atoms with E-state index in [2.05, 4.69) is 88.1 Å². The highest BCUT2D eigenvalue weighted by Gasteiger charge is 2.35. The third kappa shape index (κ3) is 16.0. The van der Waals surface area contributed by atoms with E-state index in [1.807, 2.05) is 0 Å². The van der Waals surface area contributed by atoms with Crippen LogP contribution in [-0.2, 0) is 12.8 Å². The minimum atomic E-state index is 0.847. The lowest BCUT2D eigenvalue weighted by Gasteiger charge is -2.10. The van der Waals surface area contributed by atoms with E-state index in [1.54, 1.807) is 0 Å². The zero-order valence-corrected chi connectivity index (χ0v) is 34.3. The first kappa shape index (κ1) is 43.5. The Morgan fingerprint density at radius 1 is 0.481 bits per heavy atom. The molecule has 1 heterocycles. The highest BCUT2D eigenvalue weighted by molar-refractivity contribution is 5.85. The van der Waals surface area contributed by atoms with Crippen LogP contribution in [0.2, 0.25) is 0 Å². The number of allylic oxidation sites excluding steroid dienone is 2. The first-order valence-electron chi connectivity index (χ1n) is 22.3. The second-order valence-electron chi connectivity index (χ2n) is 15.6. The second kappa shape index (κ2) is 27.7. The summed E-state index contributed by atoms with van der Waals surface area (Å²) in [5.41, 5.74) is 20.5. The molecule has 52 heavy (non-hydrogen) atoms. The minimum Gasteiger partial charge on any atom is -0.493 e.